The minimum atomic E-state index is 0.237. The molecule has 0 saturated heterocycles. The van der Waals surface area contributed by atoms with Gasteiger partial charge in [0.25, 0.3) is 0 Å². The molecule has 0 aliphatic heterocycles. The highest BCUT2D eigenvalue weighted by molar-refractivity contribution is 6.30. The lowest BCUT2D eigenvalue weighted by atomic mass is 9.89. The van der Waals surface area contributed by atoms with E-state index in [1.807, 2.05) is 12.1 Å². The molecule has 1 saturated carbocycles. The molecular weight excluding hydrogens is 380 g/mol. The van der Waals surface area contributed by atoms with Crippen LogP contribution in [-0.2, 0) is 13.0 Å². The molecule has 1 fully saturated rings. The van der Waals surface area contributed by atoms with Gasteiger partial charge in [-0.2, -0.15) is 5.26 Å². The Hall–Kier alpha value is -2.38. The third kappa shape index (κ3) is 4.97. The molecular formula is C24H27ClN4. The molecule has 3 aromatic rings. The molecule has 1 aromatic carbocycles. The first-order valence-corrected chi connectivity index (χ1v) is 11.1. The van der Waals surface area contributed by atoms with Crippen molar-refractivity contribution in [3.05, 3.63) is 58.6 Å². The summed E-state index contributed by atoms with van der Waals surface area (Å²) in [6, 6.07) is 12.3. The molecule has 150 valence electrons. The summed E-state index contributed by atoms with van der Waals surface area (Å²) >= 11 is 6.05. The Morgan fingerprint density at radius 3 is 2.52 bits per heavy atom. The summed E-state index contributed by atoms with van der Waals surface area (Å²) in [7, 11) is 0. The van der Waals surface area contributed by atoms with E-state index in [0.29, 0.717) is 0 Å². The Labute approximate surface area is 177 Å². The van der Waals surface area contributed by atoms with Crippen LogP contribution in [0.2, 0.25) is 5.02 Å². The highest BCUT2D eigenvalue weighted by Gasteiger charge is 2.16. The van der Waals surface area contributed by atoms with E-state index in [-0.39, 0.29) is 5.82 Å². The maximum absolute atomic E-state index is 9.25. The van der Waals surface area contributed by atoms with Crippen LogP contribution < -0.4 is 0 Å². The van der Waals surface area contributed by atoms with Crippen LogP contribution >= 0.6 is 11.6 Å². The van der Waals surface area contributed by atoms with E-state index >= 15 is 0 Å². The SMILES string of the molecule is N#Cc1ncc2cc(Cc3ccc(Cl)cc3)n(CCC3CCCCCCC3)c2n1. The highest BCUT2D eigenvalue weighted by Crippen LogP contribution is 2.27. The first-order valence-electron chi connectivity index (χ1n) is 10.7. The number of aromatic nitrogens is 3. The van der Waals surface area contributed by atoms with Gasteiger partial charge in [-0.1, -0.05) is 68.7 Å². The minimum absolute atomic E-state index is 0.237. The molecule has 4 nitrogen and oxygen atoms in total. The predicted molar refractivity (Wildman–Crippen MR) is 117 cm³/mol. The number of halogens is 1. The van der Waals surface area contributed by atoms with Gasteiger partial charge in [-0.05, 0) is 36.1 Å². The molecule has 1 aliphatic carbocycles. The van der Waals surface area contributed by atoms with Crippen molar-refractivity contribution in [2.24, 2.45) is 5.92 Å². The number of hydrogen-bond acceptors (Lipinski definition) is 3. The molecule has 0 N–H and O–H groups in total. The van der Waals surface area contributed by atoms with Crippen molar-refractivity contribution in [3.63, 3.8) is 0 Å². The van der Waals surface area contributed by atoms with Crippen molar-refractivity contribution < 1.29 is 0 Å². The third-order valence-corrected chi connectivity index (χ3v) is 6.36. The molecule has 0 atom stereocenters. The average molecular weight is 407 g/mol. The summed E-state index contributed by atoms with van der Waals surface area (Å²) in [6.45, 7) is 0.943. The first kappa shape index (κ1) is 19.9. The third-order valence-electron chi connectivity index (χ3n) is 6.10. The summed E-state index contributed by atoms with van der Waals surface area (Å²) in [5, 5.41) is 11.0. The Morgan fingerprint density at radius 2 is 1.79 bits per heavy atom. The number of nitriles is 1. The van der Waals surface area contributed by atoms with Gasteiger partial charge in [0, 0.05) is 35.3 Å². The maximum atomic E-state index is 9.25. The van der Waals surface area contributed by atoms with Crippen molar-refractivity contribution in [2.75, 3.05) is 0 Å². The second-order valence-electron chi connectivity index (χ2n) is 8.17. The molecule has 5 heteroatoms. The van der Waals surface area contributed by atoms with Crippen molar-refractivity contribution >= 4 is 22.6 Å². The van der Waals surface area contributed by atoms with Gasteiger partial charge >= 0.3 is 0 Å². The summed E-state index contributed by atoms with van der Waals surface area (Å²) in [6.07, 6.45) is 13.3. The van der Waals surface area contributed by atoms with Gasteiger partial charge in [0.05, 0.1) is 0 Å². The van der Waals surface area contributed by atoms with Gasteiger partial charge in [0.15, 0.2) is 0 Å². The van der Waals surface area contributed by atoms with Crippen LogP contribution in [0.15, 0.2) is 36.5 Å². The lowest BCUT2D eigenvalue weighted by Gasteiger charge is -2.20. The summed E-state index contributed by atoms with van der Waals surface area (Å²) in [5.41, 5.74) is 3.32. The quantitative estimate of drug-likeness (QED) is 0.499. The fraction of sp³-hybridized carbons (Fsp3) is 0.458. The molecule has 0 amide bonds. The summed E-state index contributed by atoms with van der Waals surface area (Å²) in [4.78, 5) is 8.71. The maximum Gasteiger partial charge on any atom is 0.234 e. The van der Waals surface area contributed by atoms with Crippen LogP contribution in [0, 0.1) is 17.2 Å². The van der Waals surface area contributed by atoms with E-state index in [1.165, 1.54) is 62.6 Å². The van der Waals surface area contributed by atoms with Gasteiger partial charge < -0.3 is 4.57 Å². The second kappa shape index (κ2) is 9.41. The van der Waals surface area contributed by atoms with Gasteiger partial charge in [0.2, 0.25) is 5.82 Å². The van der Waals surface area contributed by atoms with Gasteiger partial charge in [-0.15, -0.1) is 0 Å². The first-order chi connectivity index (χ1) is 14.2. The Morgan fingerprint density at radius 1 is 1.07 bits per heavy atom. The summed E-state index contributed by atoms with van der Waals surface area (Å²) < 4.78 is 2.31. The van der Waals surface area contributed by atoms with E-state index in [1.54, 1.807) is 6.20 Å². The number of fused-ring (bicyclic) bond motifs is 1. The molecule has 0 unspecified atom stereocenters. The van der Waals surface area contributed by atoms with Crippen LogP contribution in [0.5, 0.6) is 0 Å². The predicted octanol–water partition coefficient (Wildman–Crippen LogP) is 6.30. The van der Waals surface area contributed by atoms with Gasteiger partial charge in [0.1, 0.15) is 11.7 Å². The topological polar surface area (TPSA) is 54.5 Å². The van der Waals surface area contributed by atoms with Crippen molar-refractivity contribution in [3.8, 4) is 6.07 Å². The Balaban J connectivity index is 1.61. The zero-order valence-corrected chi connectivity index (χ0v) is 17.5. The smallest absolute Gasteiger partial charge is 0.234 e. The van der Waals surface area contributed by atoms with E-state index in [9.17, 15) is 5.26 Å². The lowest BCUT2D eigenvalue weighted by Crippen LogP contribution is -2.11. The molecule has 0 bridgehead atoms. The van der Waals surface area contributed by atoms with Crippen LogP contribution in [0.1, 0.15) is 68.4 Å². The fourth-order valence-electron chi connectivity index (χ4n) is 4.50. The van der Waals surface area contributed by atoms with E-state index in [2.05, 4.69) is 38.8 Å². The molecule has 2 aromatic heterocycles. The van der Waals surface area contributed by atoms with Gasteiger partial charge in [-0.3, -0.25) is 0 Å². The average Bonchev–Trinajstić information content (AvgIpc) is 3.05. The molecule has 29 heavy (non-hydrogen) atoms. The van der Waals surface area contributed by atoms with Gasteiger partial charge in [-0.25, -0.2) is 9.97 Å². The molecule has 4 rings (SSSR count). The van der Waals surface area contributed by atoms with E-state index in [4.69, 9.17) is 11.6 Å². The number of benzene rings is 1. The molecule has 0 radical (unpaired) electrons. The normalized spacial score (nSPS) is 15.7. The van der Waals surface area contributed by atoms with Crippen molar-refractivity contribution in [1.82, 2.24) is 14.5 Å². The summed E-state index contributed by atoms with van der Waals surface area (Å²) in [5.74, 6) is 1.02. The van der Waals surface area contributed by atoms with E-state index in [0.717, 1.165) is 34.9 Å². The molecule has 0 spiro atoms. The number of nitrogens with zero attached hydrogens (tertiary/aromatic N) is 4. The fourth-order valence-corrected chi connectivity index (χ4v) is 4.62. The molecule has 1 aliphatic rings. The van der Waals surface area contributed by atoms with Crippen LogP contribution in [-0.4, -0.2) is 14.5 Å². The molecule has 2 heterocycles. The highest BCUT2D eigenvalue weighted by atomic mass is 35.5. The largest absolute Gasteiger partial charge is 0.329 e. The standard InChI is InChI=1S/C24H27ClN4/c25-21-10-8-19(9-11-21)14-22-15-20-17-27-23(16-26)28-24(20)29(22)13-12-18-6-4-2-1-3-5-7-18/h8-11,15,17-18H,1-7,12-14H2. The second-order valence-corrected chi connectivity index (χ2v) is 8.61. The van der Waals surface area contributed by atoms with Crippen LogP contribution in [0.25, 0.3) is 11.0 Å². The number of rotatable bonds is 5. The van der Waals surface area contributed by atoms with Crippen LogP contribution in [0.4, 0.5) is 0 Å². The van der Waals surface area contributed by atoms with Crippen LogP contribution in [0.3, 0.4) is 0 Å². The Kier molecular flexibility index (Phi) is 6.46. The Bertz CT molecular complexity index is 992. The lowest BCUT2D eigenvalue weighted by molar-refractivity contribution is 0.343. The van der Waals surface area contributed by atoms with Crippen molar-refractivity contribution in [2.45, 2.75) is 64.3 Å². The number of aryl methyl sites for hydroxylation is 1. The minimum Gasteiger partial charge on any atom is -0.329 e. The van der Waals surface area contributed by atoms with E-state index < -0.39 is 0 Å². The zero-order valence-electron chi connectivity index (χ0n) is 16.8. The monoisotopic (exact) mass is 406 g/mol. The zero-order chi connectivity index (χ0) is 20.1. The number of hydrogen-bond donors (Lipinski definition) is 0. The van der Waals surface area contributed by atoms with Crippen molar-refractivity contribution in [1.29, 1.82) is 5.26 Å².